The summed E-state index contributed by atoms with van der Waals surface area (Å²) in [6.45, 7) is 4.23. The van der Waals surface area contributed by atoms with Crippen molar-refractivity contribution in [3.05, 3.63) is 42.4 Å². The van der Waals surface area contributed by atoms with Gasteiger partial charge in [-0.15, -0.1) is 13.2 Å². The van der Waals surface area contributed by atoms with Gasteiger partial charge in [0.15, 0.2) is 0 Å². The smallest absolute Gasteiger partial charge is 0.406 e. The van der Waals surface area contributed by atoms with E-state index in [9.17, 15) is 18.0 Å². The van der Waals surface area contributed by atoms with Gasteiger partial charge in [-0.25, -0.2) is 9.78 Å². The van der Waals surface area contributed by atoms with Gasteiger partial charge in [-0.05, 0) is 48.3 Å². The van der Waals surface area contributed by atoms with Crippen molar-refractivity contribution in [1.29, 1.82) is 0 Å². The Morgan fingerprint density at radius 1 is 1.23 bits per heavy atom. The minimum Gasteiger partial charge on any atom is -0.406 e. The molecule has 1 saturated carbocycles. The molecule has 2 aromatic rings. The predicted octanol–water partition coefficient (Wildman–Crippen LogP) is 3.68. The van der Waals surface area contributed by atoms with Crippen LogP contribution in [0.3, 0.4) is 0 Å². The molecular formula is C24H29F3N4O4. The van der Waals surface area contributed by atoms with Crippen LogP contribution in [0.25, 0.3) is 0 Å². The molecular weight excluding hydrogens is 465 g/mol. The number of carbonyl (C=O) groups is 1. The van der Waals surface area contributed by atoms with Crippen LogP contribution < -0.4 is 9.47 Å². The molecule has 2 aliphatic heterocycles. The Morgan fingerprint density at radius 2 is 1.97 bits per heavy atom. The van der Waals surface area contributed by atoms with E-state index in [1.54, 1.807) is 28.8 Å². The minimum absolute atomic E-state index is 0.111. The van der Waals surface area contributed by atoms with E-state index in [0.29, 0.717) is 35.9 Å². The molecule has 0 radical (unpaired) electrons. The van der Waals surface area contributed by atoms with Crippen molar-refractivity contribution in [3.8, 4) is 11.6 Å². The number of carbonyl (C=O) groups excluding carboxylic acids is 1. The lowest BCUT2D eigenvalue weighted by Crippen LogP contribution is -2.41. The summed E-state index contributed by atoms with van der Waals surface area (Å²) in [4.78, 5) is 21.2. The van der Waals surface area contributed by atoms with Gasteiger partial charge in [0.2, 0.25) is 5.88 Å². The Kier molecular flexibility index (Phi) is 6.63. The van der Waals surface area contributed by atoms with Crippen LogP contribution in [-0.4, -0.2) is 70.7 Å². The fourth-order valence-corrected chi connectivity index (χ4v) is 5.42. The molecule has 2 unspecified atom stereocenters. The van der Waals surface area contributed by atoms with E-state index in [0.717, 1.165) is 39.1 Å². The van der Waals surface area contributed by atoms with Crippen LogP contribution in [0.1, 0.15) is 18.4 Å². The zero-order chi connectivity index (χ0) is 24.6. The highest BCUT2D eigenvalue weighted by Gasteiger charge is 2.57. The largest absolute Gasteiger partial charge is 0.573 e. The van der Waals surface area contributed by atoms with Gasteiger partial charge in [0, 0.05) is 52.5 Å². The van der Waals surface area contributed by atoms with E-state index in [-0.39, 0.29) is 18.2 Å². The lowest BCUT2D eigenvalue weighted by Gasteiger charge is -2.33. The fourth-order valence-electron chi connectivity index (χ4n) is 5.42. The minimum atomic E-state index is -4.78. The third-order valence-electron chi connectivity index (χ3n) is 7.17. The molecule has 11 heteroatoms. The number of likely N-dealkylation sites (tertiary alicyclic amines) is 1. The highest BCUT2D eigenvalue weighted by Crippen LogP contribution is 2.53. The summed E-state index contributed by atoms with van der Waals surface area (Å²) >= 11 is 0. The van der Waals surface area contributed by atoms with Crippen molar-refractivity contribution in [2.45, 2.75) is 31.8 Å². The van der Waals surface area contributed by atoms with Crippen molar-refractivity contribution in [2.75, 3.05) is 32.8 Å². The molecule has 1 amide bonds. The van der Waals surface area contributed by atoms with E-state index < -0.39 is 12.5 Å². The maximum Gasteiger partial charge on any atom is 0.573 e. The Bertz CT molecular complexity index is 1030. The zero-order valence-electron chi connectivity index (χ0n) is 19.5. The first-order chi connectivity index (χ1) is 16.7. The number of nitrogens with zero attached hydrogens (tertiary/aromatic N) is 4. The molecule has 8 nitrogen and oxygen atoms in total. The van der Waals surface area contributed by atoms with Crippen LogP contribution in [0.5, 0.6) is 11.6 Å². The first kappa shape index (κ1) is 23.9. The third-order valence-corrected chi connectivity index (χ3v) is 7.17. The second kappa shape index (κ2) is 9.69. The second-order valence-corrected chi connectivity index (χ2v) is 9.61. The first-order valence-corrected chi connectivity index (χ1v) is 11.9. The number of hydrogen-bond donors (Lipinski definition) is 0. The van der Waals surface area contributed by atoms with Crippen LogP contribution in [0, 0.1) is 17.8 Å². The van der Waals surface area contributed by atoms with Gasteiger partial charge in [-0.3, -0.25) is 4.90 Å². The van der Waals surface area contributed by atoms with Crippen molar-refractivity contribution in [3.63, 3.8) is 0 Å². The van der Waals surface area contributed by atoms with E-state index >= 15 is 0 Å². The summed E-state index contributed by atoms with van der Waals surface area (Å²) in [6.07, 6.45) is -0.117. The van der Waals surface area contributed by atoms with Crippen molar-refractivity contribution in [2.24, 2.45) is 24.8 Å². The lowest BCUT2D eigenvalue weighted by molar-refractivity contribution is -0.274. The van der Waals surface area contributed by atoms with E-state index in [4.69, 9.17) is 9.47 Å². The summed E-state index contributed by atoms with van der Waals surface area (Å²) in [5.41, 5.74) is 0.527. The summed E-state index contributed by atoms with van der Waals surface area (Å²) in [6, 6.07) is 6.26. The topological polar surface area (TPSA) is 69.1 Å². The predicted molar refractivity (Wildman–Crippen MR) is 119 cm³/mol. The number of rotatable bonds is 7. The van der Waals surface area contributed by atoms with Crippen molar-refractivity contribution in [1.82, 2.24) is 19.4 Å². The van der Waals surface area contributed by atoms with Gasteiger partial charge in [0.1, 0.15) is 5.75 Å². The van der Waals surface area contributed by atoms with Crippen LogP contribution in [0.2, 0.25) is 0 Å². The lowest BCUT2D eigenvalue weighted by atomic mass is 10.1. The molecule has 3 aliphatic rings. The Morgan fingerprint density at radius 3 is 2.63 bits per heavy atom. The third kappa shape index (κ3) is 5.90. The Labute approximate surface area is 201 Å². The van der Waals surface area contributed by atoms with E-state index in [2.05, 4.69) is 14.6 Å². The number of piperidine rings is 1. The molecule has 0 spiro atoms. The molecule has 3 fully saturated rings. The maximum atomic E-state index is 13.1. The fraction of sp³-hybridized carbons (Fsp3) is 0.583. The number of fused-ring (bicyclic) bond motifs is 1. The second-order valence-electron chi connectivity index (χ2n) is 9.61. The van der Waals surface area contributed by atoms with Crippen molar-refractivity contribution < 1.29 is 32.2 Å². The molecule has 2 atom stereocenters. The number of benzene rings is 1. The SMILES string of the molecule is Cn1cnc(OC(=O)N(Cc2cccc(OC(F)(F)F)c2)CC2C3CN(C4CCOCC4)CC23)c1. The standard InChI is InChI=1S/C24H29F3N4O4/c1-29-14-22(28-15-29)34-23(32)31(10-16-3-2-4-18(9-16)35-24(25,26)27)13-21-19-11-30(12-20(19)21)17-5-7-33-8-6-17/h2-4,9,14-15,17,19-21H,5-8,10-13H2,1H3. The number of ether oxygens (including phenoxy) is 3. The van der Waals surface area contributed by atoms with Crippen LogP contribution >= 0.6 is 0 Å². The normalized spacial score (nSPS) is 24.7. The van der Waals surface area contributed by atoms with Gasteiger partial charge in [0.25, 0.3) is 0 Å². The molecule has 3 heterocycles. The average molecular weight is 495 g/mol. The molecule has 35 heavy (non-hydrogen) atoms. The molecule has 1 aliphatic carbocycles. The quantitative estimate of drug-likeness (QED) is 0.585. The summed E-state index contributed by atoms with van der Waals surface area (Å²) in [5.74, 6) is 1.24. The molecule has 0 bridgehead atoms. The van der Waals surface area contributed by atoms with Crippen LogP contribution in [0.4, 0.5) is 18.0 Å². The Hall–Kier alpha value is -2.79. The summed E-state index contributed by atoms with van der Waals surface area (Å²) < 4.78 is 54.6. The number of alkyl halides is 3. The van der Waals surface area contributed by atoms with Gasteiger partial charge >= 0.3 is 12.5 Å². The maximum absolute atomic E-state index is 13.1. The van der Waals surface area contributed by atoms with Crippen LogP contribution in [-0.2, 0) is 18.3 Å². The monoisotopic (exact) mass is 494 g/mol. The van der Waals surface area contributed by atoms with E-state index in [1.165, 1.54) is 24.5 Å². The molecule has 1 aromatic heterocycles. The number of aryl methyl sites for hydroxylation is 1. The molecule has 190 valence electrons. The molecule has 0 N–H and O–H groups in total. The van der Waals surface area contributed by atoms with Gasteiger partial charge < -0.3 is 23.7 Å². The van der Waals surface area contributed by atoms with E-state index in [1.807, 2.05) is 0 Å². The zero-order valence-corrected chi connectivity index (χ0v) is 19.5. The highest BCUT2D eigenvalue weighted by atomic mass is 19.4. The van der Waals surface area contributed by atoms with Gasteiger partial charge in [-0.1, -0.05) is 12.1 Å². The van der Waals surface area contributed by atoms with Crippen molar-refractivity contribution >= 4 is 6.09 Å². The van der Waals surface area contributed by atoms with Gasteiger partial charge in [-0.2, -0.15) is 0 Å². The summed E-state index contributed by atoms with van der Waals surface area (Å²) in [7, 11) is 1.77. The molecule has 2 saturated heterocycles. The number of amides is 1. The average Bonchev–Trinajstić information content (AvgIpc) is 3.13. The first-order valence-electron chi connectivity index (χ1n) is 11.9. The molecule has 1 aromatic carbocycles. The highest BCUT2D eigenvalue weighted by molar-refractivity contribution is 5.70. The summed E-state index contributed by atoms with van der Waals surface area (Å²) in [5, 5.41) is 0. The number of aromatic nitrogens is 2. The van der Waals surface area contributed by atoms with Crippen LogP contribution in [0.15, 0.2) is 36.8 Å². The molecule has 5 rings (SSSR count). The number of halogens is 3. The Balaban J connectivity index is 1.25. The number of hydrogen-bond acceptors (Lipinski definition) is 6. The number of imidazole rings is 1. The van der Waals surface area contributed by atoms with Gasteiger partial charge in [0.05, 0.1) is 12.5 Å².